The number of hydrogen-bond donors (Lipinski definition) is 2. The molecule has 0 aliphatic heterocycles. The lowest BCUT2D eigenvalue weighted by molar-refractivity contribution is -0.138. The van der Waals surface area contributed by atoms with Gasteiger partial charge in [0.05, 0.1) is 24.0 Å². The van der Waals surface area contributed by atoms with Gasteiger partial charge in [-0.3, -0.25) is 14.5 Å². The van der Waals surface area contributed by atoms with Gasteiger partial charge in [0, 0.05) is 5.02 Å². The zero-order chi connectivity index (χ0) is 15.4. The third-order valence-electron chi connectivity index (χ3n) is 2.99. The van der Waals surface area contributed by atoms with E-state index in [4.69, 9.17) is 16.7 Å². The molecule has 0 saturated heterocycles. The van der Waals surface area contributed by atoms with Crippen LogP contribution < -0.4 is 5.56 Å². The molecule has 0 atom stereocenters. The molecule has 2 rings (SSSR count). The van der Waals surface area contributed by atoms with E-state index in [-0.39, 0.29) is 18.6 Å². The number of carboxylic acid groups (broad SMARTS) is 1. The fraction of sp³-hybridized carbons (Fsp3) is 0.357. The van der Waals surface area contributed by atoms with Gasteiger partial charge in [-0.1, -0.05) is 18.5 Å². The van der Waals surface area contributed by atoms with Crippen molar-refractivity contribution in [2.45, 2.75) is 19.9 Å². The van der Waals surface area contributed by atoms with Crippen molar-refractivity contribution in [2.24, 2.45) is 0 Å². The average Bonchev–Trinajstić information content (AvgIpc) is 2.39. The van der Waals surface area contributed by atoms with Crippen molar-refractivity contribution in [3.05, 3.63) is 39.4 Å². The molecule has 112 valence electrons. The summed E-state index contributed by atoms with van der Waals surface area (Å²) in [6.45, 7) is 2.78. The van der Waals surface area contributed by atoms with E-state index in [1.807, 2.05) is 6.92 Å². The highest BCUT2D eigenvalue weighted by molar-refractivity contribution is 6.31. The number of carboxylic acids is 1. The lowest BCUT2D eigenvalue weighted by Gasteiger charge is -2.18. The molecule has 0 aliphatic rings. The van der Waals surface area contributed by atoms with Crippen LogP contribution in [0.25, 0.3) is 10.9 Å². The van der Waals surface area contributed by atoms with Crippen molar-refractivity contribution in [2.75, 3.05) is 13.1 Å². The average molecular weight is 310 g/mol. The monoisotopic (exact) mass is 309 g/mol. The molecule has 0 fully saturated rings. The Balaban J connectivity index is 2.31. The number of aromatic amines is 1. The highest BCUT2D eigenvalue weighted by Gasteiger charge is 2.12. The van der Waals surface area contributed by atoms with Crippen molar-refractivity contribution in [3.8, 4) is 0 Å². The van der Waals surface area contributed by atoms with Crippen molar-refractivity contribution in [3.63, 3.8) is 0 Å². The number of halogens is 1. The third-order valence-corrected chi connectivity index (χ3v) is 3.22. The second-order valence-corrected chi connectivity index (χ2v) is 5.21. The summed E-state index contributed by atoms with van der Waals surface area (Å²) >= 11 is 5.86. The molecule has 1 aromatic carbocycles. The van der Waals surface area contributed by atoms with E-state index in [0.29, 0.717) is 28.3 Å². The Bertz CT molecular complexity index is 714. The number of aliphatic carboxylic acids is 1. The van der Waals surface area contributed by atoms with Gasteiger partial charge in [-0.15, -0.1) is 0 Å². The van der Waals surface area contributed by atoms with Gasteiger partial charge >= 0.3 is 5.97 Å². The minimum absolute atomic E-state index is 0.0871. The highest BCUT2D eigenvalue weighted by Crippen LogP contribution is 2.14. The molecule has 0 amide bonds. The van der Waals surface area contributed by atoms with Gasteiger partial charge in [-0.2, -0.15) is 0 Å². The topological polar surface area (TPSA) is 86.3 Å². The molecule has 0 spiro atoms. The van der Waals surface area contributed by atoms with Gasteiger partial charge in [0.2, 0.25) is 0 Å². The fourth-order valence-electron chi connectivity index (χ4n) is 2.17. The van der Waals surface area contributed by atoms with Crippen LogP contribution in [0.15, 0.2) is 23.0 Å². The minimum atomic E-state index is -0.904. The Hall–Kier alpha value is -1.92. The maximum Gasteiger partial charge on any atom is 0.317 e. The molecule has 2 N–H and O–H groups in total. The Kier molecular flexibility index (Phi) is 4.93. The molecule has 1 heterocycles. The van der Waals surface area contributed by atoms with Crippen LogP contribution in [-0.2, 0) is 11.3 Å². The fourth-order valence-corrected chi connectivity index (χ4v) is 2.34. The Labute approximate surface area is 126 Å². The number of hydrogen-bond acceptors (Lipinski definition) is 4. The maximum absolute atomic E-state index is 12.0. The van der Waals surface area contributed by atoms with E-state index in [1.54, 1.807) is 23.1 Å². The van der Waals surface area contributed by atoms with Gasteiger partial charge in [-0.25, -0.2) is 4.98 Å². The molecule has 0 unspecified atom stereocenters. The van der Waals surface area contributed by atoms with E-state index in [0.717, 1.165) is 6.42 Å². The van der Waals surface area contributed by atoms with Crippen LogP contribution >= 0.6 is 11.6 Å². The smallest absolute Gasteiger partial charge is 0.317 e. The van der Waals surface area contributed by atoms with Gasteiger partial charge in [0.15, 0.2) is 0 Å². The lowest BCUT2D eigenvalue weighted by atomic mass is 10.2. The van der Waals surface area contributed by atoms with Crippen molar-refractivity contribution < 1.29 is 9.90 Å². The van der Waals surface area contributed by atoms with Crippen LogP contribution in [0.1, 0.15) is 19.2 Å². The molecular weight excluding hydrogens is 294 g/mol. The first-order valence-corrected chi connectivity index (χ1v) is 7.00. The van der Waals surface area contributed by atoms with Crippen LogP contribution in [0.5, 0.6) is 0 Å². The molecule has 6 nitrogen and oxygen atoms in total. The number of benzene rings is 1. The first-order valence-electron chi connectivity index (χ1n) is 6.62. The van der Waals surface area contributed by atoms with Gasteiger partial charge < -0.3 is 10.1 Å². The molecule has 0 saturated carbocycles. The van der Waals surface area contributed by atoms with Crippen molar-refractivity contribution >= 4 is 28.5 Å². The zero-order valence-electron chi connectivity index (χ0n) is 11.6. The van der Waals surface area contributed by atoms with E-state index in [1.165, 1.54) is 0 Å². The maximum atomic E-state index is 12.0. The summed E-state index contributed by atoms with van der Waals surface area (Å²) < 4.78 is 0. The van der Waals surface area contributed by atoms with Crippen molar-refractivity contribution in [1.82, 2.24) is 14.9 Å². The number of fused-ring (bicyclic) bond motifs is 1. The van der Waals surface area contributed by atoms with E-state index >= 15 is 0 Å². The number of nitrogens with zero attached hydrogens (tertiary/aromatic N) is 2. The second kappa shape index (κ2) is 6.69. The molecule has 1 aromatic heterocycles. The minimum Gasteiger partial charge on any atom is -0.480 e. The summed E-state index contributed by atoms with van der Waals surface area (Å²) in [6, 6.07) is 4.91. The van der Waals surface area contributed by atoms with Gasteiger partial charge in [-0.05, 0) is 31.2 Å². The van der Waals surface area contributed by atoms with Crippen LogP contribution in [0.3, 0.4) is 0 Å². The number of rotatable bonds is 6. The molecule has 0 aliphatic carbocycles. The largest absolute Gasteiger partial charge is 0.480 e. The third kappa shape index (κ3) is 4.03. The predicted octanol–water partition coefficient (Wildman–Crippen LogP) is 1.87. The first kappa shape index (κ1) is 15.5. The number of carbonyl (C=O) groups is 1. The Morgan fingerprint density at radius 1 is 1.48 bits per heavy atom. The summed E-state index contributed by atoms with van der Waals surface area (Å²) in [5.74, 6) is -0.456. The zero-order valence-corrected chi connectivity index (χ0v) is 12.4. The van der Waals surface area contributed by atoms with Gasteiger partial charge in [0.25, 0.3) is 5.56 Å². The Morgan fingerprint density at radius 2 is 2.24 bits per heavy atom. The standard InChI is InChI=1S/C14H16ClN3O3/c1-2-5-18(8-13(19)20)7-12-16-11-4-3-9(15)6-10(11)14(21)17-12/h3-4,6H,2,5,7-8H2,1H3,(H,19,20)(H,16,17,21). The SMILES string of the molecule is CCCN(CC(=O)O)Cc1nc2ccc(Cl)cc2c(=O)[nH]1. The molecule has 0 radical (unpaired) electrons. The van der Waals surface area contributed by atoms with Crippen LogP contribution in [0, 0.1) is 0 Å². The van der Waals surface area contributed by atoms with Crippen LogP contribution in [0.2, 0.25) is 5.02 Å². The van der Waals surface area contributed by atoms with Crippen molar-refractivity contribution in [1.29, 1.82) is 0 Å². The predicted molar refractivity (Wildman–Crippen MR) is 80.6 cm³/mol. The normalized spacial score (nSPS) is 11.2. The second-order valence-electron chi connectivity index (χ2n) is 4.78. The first-order chi connectivity index (χ1) is 9.99. The van der Waals surface area contributed by atoms with E-state index in [9.17, 15) is 9.59 Å². The summed E-state index contributed by atoms with van der Waals surface area (Å²) in [5.41, 5.74) is 0.272. The molecule has 7 heteroatoms. The molecule has 21 heavy (non-hydrogen) atoms. The summed E-state index contributed by atoms with van der Waals surface area (Å²) in [5, 5.41) is 9.79. The van der Waals surface area contributed by atoms with E-state index in [2.05, 4.69) is 9.97 Å². The van der Waals surface area contributed by atoms with Crippen LogP contribution in [-0.4, -0.2) is 39.0 Å². The number of H-pyrrole nitrogens is 1. The highest BCUT2D eigenvalue weighted by atomic mass is 35.5. The lowest BCUT2D eigenvalue weighted by Crippen LogP contribution is -2.31. The quantitative estimate of drug-likeness (QED) is 0.850. The Morgan fingerprint density at radius 3 is 2.90 bits per heavy atom. The number of nitrogens with one attached hydrogen (secondary N) is 1. The summed E-state index contributed by atoms with van der Waals surface area (Å²) in [6.07, 6.45) is 0.820. The number of aromatic nitrogens is 2. The van der Waals surface area contributed by atoms with E-state index < -0.39 is 5.97 Å². The molecular formula is C14H16ClN3O3. The molecule has 0 bridgehead atoms. The molecule has 2 aromatic rings. The van der Waals surface area contributed by atoms with Crippen LogP contribution in [0.4, 0.5) is 0 Å². The summed E-state index contributed by atoms with van der Waals surface area (Å²) in [4.78, 5) is 31.6. The van der Waals surface area contributed by atoms with Gasteiger partial charge in [0.1, 0.15) is 5.82 Å². The summed E-state index contributed by atoms with van der Waals surface area (Å²) in [7, 11) is 0.